The molecule has 0 unspecified atom stereocenters. The average molecular weight is 407 g/mol. The quantitative estimate of drug-likeness (QED) is 0.477. The molecule has 0 saturated carbocycles. The predicted octanol–water partition coefficient (Wildman–Crippen LogP) is 3.27. The number of esters is 1. The van der Waals surface area contributed by atoms with E-state index in [9.17, 15) is 14.4 Å². The van der Waals surface area contributed by atoms with E-state index in [1.165, 1.54) is 25.6 Å². The summed E-state index contributed by atoms with van der Waals surface area (Å²) in [5.74, 6) is -1.13. The molecule has 0 saturated heterocycles. The molecule has 1 N–H and O–H groups in total. The lowest BCUT2D eigenvalue weighted by molar-refractivity contribution is -0.123. The number of hydrogen-bond acceptors (Lipinski definition) is 6. The number of aromatic nitrogens is 2. The van der Waals surface area contributed by atoms with Crippen LogP contribution in [0, 0.1) is 0 Å². The Labute approximate surface area is 173 Å². The summed E-state index contributed by atoms with van der Waals surface area (Å²) >= 11 is 0. The normalized spacial score (nSPS) is 11.4. The van der Waals surface area contributed by atoms with Gasteiger partial charge in [-0.1, -0.05) is 18.2 Å². The molecule has 0 aliphatic carbocycles. The highest BCUT2D eigenvalue weighted by Crippen LogP contribution is 2.21. The van der Waals surface area contributed by atoms with E-state index in [1.54, 1.807) is 30.5 Å². The number of ketones is 1. The first-order valence-corrected chi connectivity index (χ1v) is 9.21. The molecule has 0 fully saturated rings. The van der Waals surface area contributed by atoms with Gasteiger partial charge >= 0.3 is 5.97 Å². The topological polar surface area (TPSA) is 99.5 Å². The van der Waals surface area contributed by atoms with Crippen LogP contribution in [0.4, 0.5) is 5.69 Å². The molecule has 0 aliphatic rings. The minimum Gasteiger partial charge on any atom is -0.493 e. The molecular formula is C22H21N3O5. The number of ether oxygens (including phenoxy) is 2. The van der Waals surface area contributed by atoms with Gasteiger partial charge in [-0.05, 0) is 50.2 Å². The molecule has 8 heteroatoms. The van der Waals surface area contributed by atoms with E-state index in [0.717, 1.165) is 5.69 Å². The van der Waals surface area contributed by atoms with Gasteiger partial charge in [-0.3, -0.25) is 9.59 Å². The molecule has 0 radical (unpaired) electrons. The van der Waals surface area contributed by atoms with Crippen LogP contribution in [0.1, 0.15) is 34.7 Å². The highest BCUT2D eigenvalue weighted by atomic mass is 16.6. The monoisotopic (exact) mass is 407 g/mol. The first-order valence-electron chi connectivity index (χ1n) is 9.21. The third kappa shape index (κ3) is 4.72. The second-order valence-corrected chi connectivity index (χ2v) is 6.50. The van der Waals surface area contributed by atoms with Gasteiger partial charge in [-0.25, -0.2) is 9.48 Å². The van der Waals surface area contributed by atoms with E-state index in [1.807, 2.05) is 30.3 Å². The van der Waals surface area contributed by atoms with Crippen molar-refractivity contribution in [1.29, 1.82) is 0 Å². The molecule has 0 spiro atoms. The molecule has 1 heterocycles. The number of methoxy groups -OCH3 is 1. The Hall–Kier alpha value is -3.94. The first kappa shape index (κ1) is 20.8. The molecule has 0 aliphatic heterocycles. The summed E-state index contributed by atoms with van der Waals surface area (Å²) in [5.41, 5.74) is 1.73. The number of rotatable bonds is 7. The fraction of sp³-hybridized carbons (Fsp3) is 0.182. The third-order valence-corrected chi connectivity index (χ3v) is 4.33. The Bertz CT molecular complexity index is 1060. The maximum Gasteiger partial charge on any atom is 0.363 e. The molecule has 0 bridgehead atoms. The van der Waals surface area contributed by atoms with Crippen LogP contribution in [-0.2, 0) is 9.53 Å². The second-order valence-electron chi connectivity index (χ2n) is 6.50. The van der Waals surface area contributed by atoms with Crippen molar-refractivity contribution in [1.82, 2.24) is 9.78 Å². The van der Waals surface area contributed by atoms with Crippen LogP contribution < -0.4 is 10.1 Å². The molecular weight excluding hydrogens is 386 g/mol. The largest absolute Gasteiger partial charge is 0.493 e. The molecule has 8 nitrogen and oxygen atoms in total. The van der Waals surface area contributed by atoms with E-state index < -0.39 is 18.0 Å². The molecule has 1 amide bonds. The van der Waals surface area contributed by atoms with E-state index in [2.05, 4.69) is 10.4 Å². The van der Waals surface area contributed by atoms with E-state index >= 15 is 0 Å². The molecule has 30 heavy (non-hydrogen) atoms. The van der Waals surface area contributed by atoms with Crippen molar-refractivity contribution in [2.75, 3.05) is 12.4 Å². The summed E-state index contributed by atoms with van der Waals surface area (Å²) in [6, 6.07) is 15.6. The van der Waals surface area contributed by atoms with Crippen LogP contribution in [0.2, 0.25) is 0 Å². The zero-order valence-corrected chi connectivity index (χ0v) is 16.8. The van der Waals surface area contributed by atoms with Gasteiger partial charge in [-0.2, -0.15) is 5.10 Å². The fourth-order valence-electron chi connectivity index (χ4n) is 2.66. The Kier molecular flexibility index (Phi) is 6.26. The van der Waals surface area contributed by atoms with Crippen LogP contribution in [0.25, 0.3) is 5.69 Å². The van der Waals surface area contributed by atoms with E-state index in [-0.39, 0.29) is 17.2 Å². The van der Waals surface area contributed by atoms with Gasteiger partial charge < -0.3 is 14.8 Å². The summed E-state index contributed by atoms with van der Waals surface area (Å²) in [7, 11) is 1.42. The maximum absolute atomic E-state index is 12.6. The average Bonchev–Trinajstić information content (AvgIpc) is 3.19. The Morgan fingerprint density at radius 2 is 1.70 bits per heavy atom. The number of anilines is 1. The number of para-hydroxylation sites is 1. The number of hydrogen-bond donors (Lipinski definition) is 1. The zero-order chi connectivity index (χ0) is 21.7. The summed E-state index contributed by atoms with van der Waals surface area (Å²) < 4.78 is 12.0. The predicted molar refractivity (Wildman–Crippen MR) is 110 cm³/mol. The summed E-state index contributed by atoms with van der Waals surface area (Å²) in [6.07, 6.45) is 0.490. The number of nitrogens with zero attached hydrogens (tertiary/aromatic N) is 2. The number of carbonyl (C=O) groups is 3. The lowest BCUT2D eigenvalue weighted by Crippen LogP contribution is -2.30. The Morgan fingerprint density at radius 3 is 2.30 bits per heavy atom. The van der Waals surface area contributed by atoms with Crippen LogP contribution in [0.3, 0.4) is 0 Å². The maximum atomic E-state index is 12.6. The van der Waals surface area contributed by atoms with Gasteiger partial charge in [0, 0.05) is 11.3 Å². The number of benzene rings is 2. The van der Waals surface area contributed by atoms with Gasteiger partial charge in [0.2, 0.25) is 5.69 Å². The van der Waals surface area contributed by atoms with E-state index in [4.69, 9.17) is 9.47 Å². The van der Waals surface area contributed by atoms with Gasteiger partial charge in [0.05, 0.1) is 19.0 Å². The highest BCUT2D eigenvalue weighted by Gasteiger charge is 2.25. The standard InChI is InChI=1S/C22H21N3O5/c1-14(26)16-9-11-17(12-10-16)23-21(27)15(2)30-22(28)20-19(29-3)13-25(24-20)18-7-5-4-6-8-18/h4-13,15H,1-3H3,(H,23,27)/t15-/m1/s1. The lowest BCUT2D eigenvalue weighted by atomic mass is 10.1. The molecule has 154 valence electrons. The van der Waals surface area contributed by atoms with Crippen LogP contribution >= 0.6 is 0 Å². The lowest BCUT2D eigenvalue weighted by Gasteiger charge is -2.13. The summed E-state index contributed by atoms with van der Waals surface area (Å²) in [5, 5.41) is 6.87. The Balaban J connectivity index is 1.68. The van der Waals surface area contributed by atoms with Gasteiger partial charge in [0.25, 0.3) is 5.91 Å². The second kappa shape index (κ2) is 9.04. The third-order valence-electron chi connectivity index (χ3n) is 4.33. The minimum absolute atomic E-state index is 0.0354. The number of Topliss-reactive ketones (excluding diaryl/α,β-unsaturated/α-hetero) is 1. The fourth-order valence-corrected chi connectivity index (χ4v) is 2.66. The van der Waals surface area contributed by atoms with Crippen molar-refractivity contribution in [2.45, 2.75) is 20.0 Å². The zero-order valence-electron chi connectivity index (χ0n) is 16.8. The molecule has 3 aromatic rings. The summed E-state index contributed by atoms with van der Waals surface area (Å²) in [4.78, 5) is 36.3. The number of amides is 1. The van der Waals surface area contributed by atoms with E-state index in [0.29, 0.717) is 11.3 Å². The van der Waals surface area contributed by atoms with Crippen molar-refractivity contribution < 1.29 is 23.9 Å². The number of nitrogens with one attached hydrogen (secondary N) is 1. The molecule has 1 aromatic heterocycles. The van der Waals surface area contributed by atoms with Crippen molar-refractivity contribution in [2.24, 2.45) is 0 Å². The SMILES string of the molecule is COc1cn(-c2ccccc2)nc1C(=O)O[C@H](C)C(=O)Nc1ccc(C(C)=O)cc1. The molecule has 1 atom stereocenters. The first-order chi connectivity index (χ1) is 14.4. The van der Waals surface area contributed by atoms with Crippen molar-refractivity contribution >= 4 is 23.3 Å². The smallest absolute Gasteiger partial charge is 0.363 e. The number of carbonyl (C=O) groups excluding carboxylic acids is 3. The van der Waals surface area contributed by atoms with Crippen molar-refractivity contribution in [3.05, 3.63) is 72.1 Å². The van der Waals surface area contributed by atoms with Gasteiger partial charge in [-0.15, -0.1) is 0 Å². The van der Waals surface area contributed by atoms with Crippen LogP contribution in [0.15, 0.2) is 60.8 Å². The van der Waals surface area contributed by atoms with Crippen molar-refractivity contribution in [3.8, 4) is 11.4 Å². The van der Waals surface area contributed by atoms with Crippen LogP contribution in [0.5, 0.6) is 5.75 Å². The summed E-state index contributed by atoms with van der Waals surface area (Å²) in [6.45, 7) is 2.92. The minimum atomic E-state index is -1.07. The molecule has 2 aromatic carbocycles. The molecule has 3 rings (SSSR count). The highest BCUT2D eigenvalue weighted by molar-refractivity contribution is 5.98. The Morgan fingerprint density at radius 1 is 1.03 bits per heavy atom. The van der Waals surface area contributed by atoms with Crippen LogP contribution in [-0.4, -0.2) is 40.7 Å². The van der Waals surface area contributed by atoms with Gasteiger partial charge in [0.15, 0.2) is 17.6 Å². The van der Waals surface area contributed by atoms with Gasteiger partial charge in [0.1, 0.15) is 0 Å². The van der Waals surface area contributed by atoms with Crippen molar-refractivity contribution in [3.63, 3.8) is 0 Å².